The summed E-state index contributed by atoms with van der Waals surface area (Å²) in [5, 5.41) is 13.8. The lowest BCUT2D eigenvalue weighted by Crippen LogP contribution is -2.15. The third-order valence-electron chi connectivity index (χ3n) is 2.21. The zero-order valence-electron chi connectivity index (χ0n) is 9.88. The van der Waals surface area contributed by atoms with Crippen LogP contribution in [0, 0.1) is 0 Å². The van der Waals surface area contributed by atoms with Gasteiger partial charge in [0.25, 0.3) is 5.91 Å². The van der Waals surface area contributed by atoms with Crippen LogP contribution in [0.15, 0.2) is 24.0 Å². The summed E-state index contributed by atoms with van der Waals surface area (Å²) in [6.45, 7) is 2.86. The van der Waals surface area contributed by atoms with E-state index in [1.807, 2.05) is 0 Å². The van der Waals surface area contributed by atoms with Crippen molar-refractivity contribution in [2.45, 2.75) is 13.3 Å². The van der Waals surface area contributed by atoms with Gasteiger partial charge < -0.3 is 5.32 Å². The molecule has 0 radical (unpaired) electrons. The molecule has 0 aliphatic rings. The third-order valence-corrected chi connectivity index (χ3v) is 2.82. The third kappa shape index (κ3) is 3.01. The Balaban J connectivity index is 2.13. The van der Waals surface area contributed by atoms with Crippen molar-refractivity contribution in [3.63, 3.8) is 0 Å². The van der Waals surface area contributed by atoms with Gasteiger partial charge in [-0.25, -0.2) is 0 Å². The maximum atomic E-state index is 12.1. The first-order valence-electron chi connectivity index (χ1n) is 5.56. The van der Waals surface area contributed by atoms with E-state index in [4.69, 9.17) is 0 Å². The summed E-state index contributed by atoms with van der Waals surface area (Å²) in [6, 6.07) is 1.67. The molecular formula is C11H13N5OS. The van der Waals surface area contributed by atoms with E-state index < -0.39 is 0 Å². The molecule has 0 aromatic carbocycles. The number of carbonyl (C=O) groups is 1. The summed E-state index contributed by atoms with van der Waals surface area (Å²) in [4.78, 5) is 16.1. The van der Waals surface area contributed by atoms with Crippen LogP contribution < -0.4 is 10.6 Å². The minimum absolute atomic E-state index is 0.215. The van der Waals surface area contributed by atoms with Gasteiger partial charge in [-0.3, -0.25) is 15.1 Å². The fourth-order valence-electron chi connectivity index (χ4n) is 1.38. The second-order valence-corrected chi connectivity index (χ2v) is 4.38. The van der Waals surface area contributed by atoms with Gasteiger partial charge in [0.05, 0.1) is 17.4 Å². The van der Waals surface area contributed by atoms with Crippen molar-refractivity contribution in [3.05, 3.63) is 29.5 Å². The van der Waals surface area contributed by atoms with Gasteiger partial charge in [-0.1, -0.05) is 18.3 Å². The van der Waals surface area contributed by atoms with Crippen LogP contribution >= 0.6 is 11.3 Å². The number of nitrogens with one attached hydrogen (secondary N) is 2. The van der Waals surface area contributed by atoms with E-state index in [1.54, 1.807) is 24.0 Å². The molecule has 0 aliphatic carbocycles. The number of amides is 1. The largest absolute Gasteiger partial charge is 0.383 e. The highest BCUT2D eigenvalue weighted by molar-refractivity contribution is 7.13. The summed E-state index contributed by atoms with van der Waals surface area (Å²) in [5.41, 5.74) is 2.84. The molecule has 0 unspecified atom stereocenters. The van der Waals surface area contributed by atoms with Crippen LogP contribution in [-0.4, -0.2) is 27.6 Å². The quantitative estimate of drug-likeness (QED) is 0.862. The average Bonchev–Trinajstić information content (AvgIpc) is 2.89. The number of anilines is 2. The molecule has 6 nitrogen and oxygen atoms in total. The highest BCUT2D eigenvalue weighted by Crippen LogP contribution is 2.16. The molecule has 2 N–H and O–H groups in total. The zero-order chi connectivity index (χ0) is 12.8. The van der Waals surface area contributed by atoms with Gasteiger partial charge in [-0.05, 0) is 12.5 Å². The molecule has 2 rings (SSSR count). The summed E-state index contributed by atoms with van der Waals surface area (Å²) >= 11 is 1.28. The molecule has 94 valence electrons. The molecule has 2 aromatic rings. The van der Waals surface area contributed by atoms with Crippen molar-refractivity contribution >= 4 is 28.1 Å². The van der Waals surface area contributed by atoms with Gasteiger partial charge in [0.2, 0.25) is 5.13 Å². The van der Waals surface area contributed by atoms with Gasteiger partial charge in [-0.2, -0.15) is 0 Å². The van der Waals surface area contributed by atoms with E-state index in [9.17, 15) is 4.79 Å². The van der Waals surface area contributed by atoms with Crippen LogP contribution in [0.3, 0.4) is 0 Å². The Morgan fingerprint density at radius 1 is 1.50 bits per heavy atom. The number of carbonyl (C=O) groups excluding carboxylic acids is 1. The normalized spacial score (nSPS) is 10.1. The van der Waals surface area contributed by atoms with Crippen molar-refractivity contribution in [1.29, 1.82) is 0 Å². The number of pyridine rings is 1. The smallest absolute Gasteiger partial charge is 0.259 e. The molecule has 0 saturated heterocycles. The van der Waals surface area contributed by atoms with E-state index >= 15 is 0 Å². The first-order valence-corrected chi connectivity index (χ1v) is 6.44. The number of hydrogen-bond acceptors (Lipinski definition) is 6. The number of hydrogen-bond donors (Lipinski definition) is 2. The molecule has 1 amide bonds. The Hall–Kier alpha value is -2.02. The number of nitrogens with zero attached hydrogens (tertiary/aromatic N) is 3. The fourth-order valence-corrected chi connectivity index (χ4v) is 1.83. The van der Waals surface area contributed by atoms with Crippen LogP contribution in [0.1, 0.15) is 23.7 Å². The van der Waals surface area contributed by atoms with E-state index in [0.717, 1.165) is 18.7 Å². The SMILES string of the molecule is CCCNc1cnccc1C(=O)Nc1nncs1. The van der Waals surface area contributed by atoms with Crippen molar-refractivity contribution in [1.82, 2.24) is 15.2 Å². The predicted molar refractivity (Wildman–Crippen MR) is 70.9 cm³/mol. The first-order chi connectivity index (χ1) is 8.81. The van der Waals surface area contributed by atoms with Crippen LogP contribution in [0.25, 0.3) is 0 Å². The van der Waals surface area contributed by atoms with Crippen LogP contribution in [0.4, 0.5) is 10.8 Å². The van der Waals surface area contributed by atoms with Crippen molar-refractivity contribution < 1.29 is 4.79 Å². The minimum Gasteiger partial charge on any atom is -0.383 e. The van der Waals surface area contributed by atoms with E-state index in [0.29, 0.717) is 10.7 Å². The zero-order valence-corrected chi connectivity index (χ0v) is 10.7. The van der Waals surface area contributed by atoms with Gasteiger partial charge in [-0.15, -0.1) is 10.2 Å². The van der Waals surface area contributed by atoms with Crippen molar-refractivity contribution in [3.8, 4) is 0 Å². The lowest BCUT2D eigenvalue weighted by molar-refractivity contribution is 0.102. The number of aromatic nitrogens is 3. The second kappa shape index (κ2) is 6.06. The Bertz CT molecular complexity index is 514. The Morgan fingerprint density at radius 2 is 2.39 bits per heavy atom. The monoisotopic (exact) mass is 263 g/mol. The summed E-state index contributed by atoms with van der Waals surface area (Å²) in [5.74, 6) is -0.215. The first kappa shape index (κ1) is 12.4. The molecule has 2 aromatic heterocycles. The molecule has 2 heterocycles. The van der Waals surface area contributed by atoms with Gasteiger partial charge >= 0.3 is 0 Å². The average molecular weight is 263 g/mol. The van der Waals surface area contributed by atoms with E-state index in [2.05, 4.69) is 32.7 Å². The Labute approximate surface area is 108 Å². The van der Waals surface area contributed by atoms with Gasteiger partial charge in [0.15, 0.2) is 0 Å². The van der Waals surface area contributed by atoms with Crippen LogP contribution in [0.5, 0.6) is 0 Å². The van der Waals surface area contributed by atoms with Crippen molar-refractivity contribution in [2.75, 3.05) is 17.2 Å². The summed E-state index contributed by atoms with van der Waals surface area (Å²) < 4.78 is 0. The summed E-state index contributed by atoms with van der Waals surface area (Å²) in [6.07, 6.45) is 4.21. The molecule has 7 heteroatoms. The highest BCUT2D eigenvalue weighted by Gasteiger charge is 2.12. The molecule has 18 heavy (non-hydrogen) atoms. The Morgan fingerprint density at radius 3 is 3.11 bits per heavy atom. The second-order valence-electron chi connectivity index (χ2n) is 3.55. The fraction of sp³-hybridized carbons (Fsp3) is 0.273. The molecule has 0 fully saturated rings. The van der Waals surface area contributed by atoms with Crippen LogP contribution in [-0.2, 0) is 0 Å². The molecule has 0 aliphatic heterocycles. The summed E-state index contributed by atoms with van der Waals surface area (Å²) in [7, 11) is 0. The van der Waals surface area contributed by atoms with E-state index in [1.165, 1.54) is 11.3 Å². The van der Waals surface area contributed by atoms with Crippen LogP contribution in [0.2, 0.25) is 0 Å². The molecule has 0 spiro atoms. The Kier molecular flexibility index (Phi) is 4.19. The standard InChI is InChI=1S/C11H13N5OS/c1-2-4-13-9-6-12-5-3-8(9)10(17)15-11-16-14-7-18-11/h3,5-7,13H,2,4H2,1H3,(H,15,16,17). The maximum absolute atomic E-state index is 12.1. The highest BCUT2D eigenvalue weighted by atomic mass is 32.1. The lowest BCUT2D eigenvalue weighted by atomic mass is 10.2. The molecule has 0 atom stereocenters. The van der Waals surface area contributed by atoms with Gasteiger partial charge in [0.1, 0.15) is 5.51 Å². The van der Waals surface area contributed by atoms with Gasteiger partial charge in [0, 0.05) is 12.7 Å². The predicted octanol–water partition coefficient (Wildman–Crippen LogP) is 2.01. The topological polar surface area (TPSA) is 79.8 Å². The lowest BCUT2D eigenvalue weighted by Gasteiger charge is -2.09. The maximum Gasteiger partial charge on any atom is 0.259 e. The molecular weight excluding hydrogens is 250 g/mol. The molecule has 0 saturated carbocycles. The van der Waals surface area contributed by atoms with E-state index in [-0.39, 0.29) is 5.91 Å². The minimum atomic E-state index is -0.215. The molecule has 0 bridgehead atoms. The van der Waals surface area contributed by atoms with Crippen molar-refractivity contribution in [2.24, 2.45) is 0 Å². The number of rotatable bonds is 5.